The molecule has 27 heavy (non-hydrogen) atoms. The van der Waals surface area contributed by atoms with Gasteiger partial charge in [0.2, 0.25) is 12.7 Å². The van der Waals surface area contributed by atoms with Crippen LogP contribution < -0.4 is 14.8 Å². The number of rotatable bonds is 5. The van der Waals surface area contributed by atoms with Gasteiger partial charge in [-0.15, -0.1) is 10.2 Å². The third kappa shape index (κ3) is 3.78. The van der Waals surface area contributed by atoms with Crippen molar-refractivity contribution in [2.24, 2.45) is 0 Å². The summed E-state index contributed by atoms with van der Waals surface area (Å²) in [6.07, 6.45) is 1.66. The number of carbonyl (C=O) groups excluding carboxylic acids is 1. The molecule has 2 aromatic heterocycles. The molecule has 0 unspecified atom stereocenters. The summed E-state index contributed by atoms with van der Waals surface area (Å²) >= 11 is 13.4. The van der Waals surface area contributed by atoms with Gasteiger partial charge in [-0.25, -0.2) is 0 Å². The van der Waals surface area contributed by atoms with Crippen molar-refractivity contribution in [3.63, 3.8) is 0 Å². The number of amides is 1. The van der Waals surface area contributed by atoms with Crippen LogP contribution in [0, 0.1) is 0 Å². The number of nitrogens with zero attached hydrogens (tertiary/aromatic N) is 3. The summed E-state index contributed by atoms with van der Waals surface area (Å²) in [5, 5.41) is 12.5. The monoisotopic (exact) mass is 424 g/mol. The minimum atomic E-state index is -0.174. The Kier molecular flexibility index (Phi) is 5.03. The minimum Gasteiger partial charge on any atom is -0.454 e. The van der Waals surface area contributed by atoms with Gasteiger partial charge in [0.05, 0.1) is 21.8 Å². The SMILES string of the molecule is C[C@@H](NC(=O)CSc1nnc2c(Cl)cc(Cl)cn12)c1ccc2c(c1)OCO2. The fourth-order valence-corrected chi connectivity index (χ4v) is 3.91. The van der Waals surface area contributed by atoms with Gasteiger partial charge >= 0.3 is 0 Å². The molecule has 3 aromatic rings. The van der Waals surface area contributed by atoms with Gasteiger partial charge in [-0.05, 0) is 30.7 Å². The molecular formula is C17H14Cl2N4O3S. The molecule has 10 heteroatoms. The average molecular weight is 425 g/mol. The summed E-state index contributed by atoms with van der Waals surface area (Å²) in [6.45, 7) is 2.13. The number of aromatic nitrogens is 3. The number of pyridine rings is 1. The maximum Gasteiger partial charge on any atom is 0.231 e. The first-order valence-corrected chi connectivity index (χ1v) is 9.77. The molecule has 1 aliphatic heterocycles. The standard InChI is InChI=1S/C17H14Cl2N4O3S/c1-9(10-2-3-13-14(4-10)26-8-25-13)20-15(24)7-27-17-22-21-16-12(19)5-11(18)6-23(16)17/h2-6,9H,7-8H2,1H3,(H,20,24)/t9-/m1/s1. The number of thioether (sulfide) groups is 1. The Morgan fingerprint density at radius 2 is 2.11 bits per heavy atom. The van der Waals surface area contributed by atoms with Crippen LogP contribution in [-0.4, -0.2) is 33.1 Å². The molecule has 4 rings (SSSR count). The molecule has 3 heterocycles. The van der Waals surface area contributed by atoms with E-state index in [1.807, 2.05) is 25.1 Å². The minimum absolute atomic E-state index is 0.130. The molecule has 0 bridgehead atoms. The molecule has 0 saturated heterocycles. The van der Waals surface area contributed by atoms with Gasteiger partial charge in [0.15, 0.2) is 22.3 Å². The predicted octanol–water partition coefficient (Wildman–Crippen LogP) is 3.73. The number of carbonyl (C=O) groups is 1. The summed E-state index contributed by atoms with van der Waals surface area (Å²) in [7, 11) is 0. The first-order valence-electron chi connectivity index (χ1n) is 8.03. The van der Waals surface area contributed by atoms with Crippen LogP contribution in [-0.2, 0) is 4.79 Å². The lowest BCUT2D eigenvalue weighted by atomic mass is 10.1. The van der Waals surface area contributed by atoms with Gasteiger partial charge in [0.25, 0.3) is 0 Å². The molecular weight excluding hydrogens is 411 g/mol. The van der Waals surface area contributed by atoms with Crippen LogP contribution in [0.4, 0.5) is 0 Å². The molecule has 0 aliphatic carbocycles. The molecule has 1 amide bonds. The Bertz CT molecular complexity index is 1030. The van der Waals surface area contributed by atoms with Crippen LogP contribution in [0.25, 0.3) is 5.65 Å². The highest BCUT2D eigenvalue weighted by Gasteiger charge is 2.18. The van der Waals surface area contributed by atoms with E-state index in [-0.39, 0.29) is 24.5 Å². The Morgan fingerprint density at radius 3 is 2.96 bits per heavy atom. The van der Waals surface area contributed by atoms with Crippen LogP contribution in [0.1, 0.15) is 18.5 Å². The zero-order chi connectivity index (χ0) is 19.0. The molecule has 0 spiro atoms. The van der Waals surface area contributed by atoms with E-state index in [9.17, 15) is 4.79 Å². The zero-order valence-electron chi connectivity index (χ0n) is 14.1. The molecule has 0 fully saturated rings. The summed E-state index contributed by atoms with van der Waals surface area (Å²) in [5.41, 5.74) is 1.43. The lowest BCUT2D eigenvalue weighted by Gasteiger charge is -2.14. The van der Waals surface area contributed by atoms with Crippen LogP contribution in [0.2, 0.25) is 10.0 Å². The lowest BCUT2D eigenvalue weighted by molar-refractivity contribution is -0.119. The number of fused-ring (bicyclic) bond motifs is 2. The normalized spacial score (nSPS) is 13.7. The number of benzene rings is 1. The maximum absolute atomic E-state index is 12.3. The van der Waals surface area contributed by atoms with Crippen LogP contribution in [0.5, 0.6) is 11.5 Å². The number of nitrogens with one attached hydrogen (secondary N) is 1. The van der Waals surface area contributed by atoms with E-state index >= 15 is 0 Å². The Morgan fingerprint density at radius 1 is 1.30 bits per heavy atom. The van der Waals surface area contributed by atoms with E-state index < -0.39 is 0 Å². The van der Waals surface area contributed by atoms with E-state index in [1.54, 1.807) is 16.7 Å². The van der Waals surface area contributed by atoms with Crippen molar-refractivity contribution in [2.75, 3.05) is 12.5 Å². The highest BCUT2D eigenvalue weighted by atomic mass is 35.5. The van der Waals surface area contributed by atoms with E-state index in [2.05, 4.69) is 15.5 Å². The Labute approximate surface area is 169 Å². The molecule has 0 radical (unpaired) electrons. The zero-order valence-corrected chi connectivity index (χ0v) is 16.4. The average Bonchev–Trinajstić information content (AvgIpc) is 3.25. The quantitative estimate of drug-likeness (QED) is 0.628. The number of hydrogen-bond acceptors (Lipinski definition) is 6. The molecule has 140 valence electrons. The summed E-state index contributed by atoms with van der Waals surface area (Å²) in [4.78, 5) is 12.3. The molecule has 1 aliphatic rings. The van der Waals surface area contributed by atoms with Crippen molar-refractivity contribution >= 4 is 46.5 Å². The lowest BCUT2D eigenvalue weighted by Crippen LogP contribution is -2.28. The summed E-state index contributed by atoms with van der Waals surface area (Å²) in [5.74, 6) is 1.45. The maximum atomic E-state index is 12.3. The summed E-state index contributed by atoms with van der Waals surface area (Å²) in [6, 6.07) is 7.04. The van der Waals surface area contributed by atoms with Gasteiger partial charge in [0, 0.05) is 6.20 Å². The van der Waals surface area contributed by atoms with Crippen LogP contribution in [0.3, 0.4) is 0 Å². The van der Waals surface area contributed by atoms with Crippen molar-refractivity contribution in [1.29, 1.82) is 0 Å². The van der Waals surface area contributed by atoms with Gasteiger partial charge < -0.3 is 14.8 Å². The van der Waals surface area contributed by atoms with Crippen molar-refractivity contribution in [3.8, 4) is 11.5 Å². The highest BCUT2D eigenvalue weighted by Crippen LogP contribution is 2.34. The topological polar surface area (TPSA) is 77.8 Å². The predicted molar refractivity (Wildman–Crippen MR) is 103 cm³/mol. The first kappa shape index (κ1) is 18.2. The van der Waals surface area contributed by atoms with E-state index in [1.165, 1.54) is 11.8 Å². The molecule has 0 saturated carbocycles. The smallest absolute Gasteiger partial charge is 0.231 e. The second-order valence-corrected chi connectivity index (χ2v) is 7.66. The van der Waals surface area contributed by atoms with Crippen molar-refractivity contribution in [1.82, 2.24) is 19.9 Å². The Balaban J connectivity index is 1.40. The van der Waals surface area contributed by atoms with Gasteiger partial charge in [-0.2, -0.15) is 0 Å². The molecule has 7 nitrogen and oxygen atoms in total. The summed E-state index contributed by atoms with van der Waals surface area (Å²) < 4.78 is 12.3. The highest BCUT2D eigenvalue weighted by molar-refractivity contribution is 7.99. The van der Waals surface area contributed by atoms with E-state index in [0.717, 1.165) is 5.56 Å². The fourth-order valence-electron chi connectivity index (χ4n) is 2.68. The first-order chi connectivity index (χ1) is 13.0. The van der Waals surface area contributed by atoms with Gasteiger partial charge in [0.1, 0.15) is 0 Å². The van der Waals surface area contributed by atoms with Crippen molar-refractivity contribution < 1.29 is 14.3 Å². The van der Waals surface area contributed by atoms with Gasteiger partial charge in [-0.1, -0.05) is 41.0 Å². The number of hydrogen-bond donors (Lipinski definition) is 1. The molecule has 1 aromatic carbocycles. The Hall–Kier alpha value is -2.16. The van der Waals surface area contributed by atoms with Crippen LogP contribution in [0.15, 0.2) is 35.6 Å². The fraction of sp³-hybridized carbons (Fsp3) is 0.235. The number of halogens is 2. The second kappa shape index (κ2) is 7.46. The third-order valence-electron chi connectivity index (χ3n) is 4.00. The molecule has 1 atom stereocenters. The third-order valence-corrected chi connectivity index (χ3v) is 5.43. The largest absolute Gasteiger partial charge is 0.454 e. The number of ether oxygens (including phenoxy) is 2. The van der Waals surface area contributed by atoms with Gasteiger partial charge in [-0.3, -0.25) is 9.20 Å². The van der Waals surface area contributed by atoms with E-state index in [4.69, 9.17) is 32.7 Å². The van der Waals surface area contributed by atoms with E-state index in [0.29, 0.717) is 32.3 Å². The van der Waals surface area contributed by atoms with Crippen molar-refractivity contribution in [2.45, 2.75) is 18.1 Å². The second-order valence-electron chi connectivity index (χ2n) is 5.87. The van der Waals surface area contributed by atoms with Crippen LogP contribution >= 0.6 is 35.0 Å². The van der Waals surface area contributed by atoms with Crippen molar-refractivity contribution in [3.05, 3.63) is 46.1 Å². The molecule has 1 N–H and O–H groups in total.